The zero-order valence-electron chi connectivity index (χ0n) is 15.5. The molecule has 0 aliphatic carbocycles. The van der Waals surface area contributed by atoms with Gasteiger partial charge in [-0.3, -0.25) is 4.79 Å². The summed E-state index contributed by atoms with van der Waals surface area (Å²) >= 11 is 0. The van der Waals surface area contributed by atoms with Crippen LogP contribution in [-0.4, -0.2) is 30.6 Å². The summed E-state index contributed by atoms with van der Waals surface area (Å²) in [5, 5.41) is 12.3. The molecule has 0 radical (unpaired) electrons. The van der Waals surface area contributed by atoms with Gasteiger partial charge in [0.1, 0.15) is 12.4 Å². The van der Waals surface area contributed by atoms with E-state index in [1.807, 2.05) is 37.3 Å². The number of para-hydroxylation sites is 1. The molecule has 0 aliphatic rings. The average molecular weight is 375 g/mol. The molecule has 0 N–H and O–H groups in total. The molecule has 0 unspecified atom stereocenters. The Hall–Kier alpha value is -3.61. The summed E-state index contributed by atoms with van der Waals surface area (Å²) in [6.45, 7) is 3.61. The second kappa shape index (κ2) is 7.19. The number of hydrogen-bond acceptors (Lipinski definition) is 4. The Bertz CT molecular complexity index is 1150. The molecule has 4 rings (SSSR count). The van der Waals surface area contributed by atoms with E-state index in [4.69, 9.17) is 0 Å². The number of tetrazole rings is 1. The first-order valence-corrected chi connectivity index (χ1v) is 8.85. The van der Waals surface area contributed by atoms with Gasteiger partial charge in [0, 0.05) is 22.5 Å². The van der Waals surface area contributed by atoms with Crippen LogP contribution in [-0.2, 0) is 6.54 Å². The van der Waals surface area contributed by atoms with Crippen molar-refractivity contribution in [3.63, 3.8) is 0 Å². The predicted octanol–water partition coefficient (Wildman–Crippen LogP) is 3.77. The van der Waals surface area contributed by atoms with Gasteiger partial charge in [-0.2, -0.15) is 4.80 Å². The zero-order chi connectivity index (χ0) is 19.7. The molecule has 0 bridgehead atoms. The predicted molar refractivity (Wildman–Crippen MR) is 103 cm³/mol. The first kappa shape index (κ1) is 17.8. The molecule has 2 aromatic carbocycles. The van der Waals surface area contributed by atoms with E-state index in [9.17, 15) is 9.18 Å². The van der Waals surface area contributed by atoms with Crippen molar-refractivity contribution >= 4 is 5.78 Å². The fraction of sp³-hybridized carbons (Fsp3) is 0.143. The molecule has 140 valence electrons. The summed E-state index contributed by atoms with van der Waals surface area (Å²) in [6, 6.07) is 17.7. The van der Waals surface area contributed by atoms with Crippen molar-refractivity contribution in [2.24, 2.45) is 0 Å². The van der Waals surface area contributed by atoms with Crippen LogP contribution < -0.4 is 0 Å². The Morgan fingerprint density at radius 3 is 2.50 bits per heavy atom. The van der Waals surface area contributed by atoms with E-state index in [0.29, 0.717) is 22.8 Å². The lowest BCUT2D eigenvalue weighted by Crippen LogP contribution is -2.14. The summed E-state index contributed by atoms with van der Waals surface area (Å²) in [5.41, 5.74) is 3.22. The van der Waals surface area contributed by atoms with Crippen molar-refractivity contribution in [3.8, 4) is 17.1 Å². The number of Topliss-reactive ketones (excluding diaryl/α,β-unsaturated/α-hetero) is 1. The number of aryl methyl sites for hydroxylation is 1. The Labute approximate surface area is 161 Å². The third-order valence-corrected chi connectivity index (χ3v) is 4.59. The van der Waals surface area contributed by atoms with Crippen LogP contribution in [0, 0.1) is 19.7 Å². The topological polar surface area (TPSA) is 65.6 Å². The Morgan fingerprint density at radius 1 is 1.04 bits per heavy atom. The molecule has 0 saturated carbocycles. The van der Waals surface area contributed by atoms with Gasteiger partial charge in [0.2, 0.25) is 5.82 Å². The normalized spacial score (nSPS) is 11.0. The molecule has 0 saturated heterocycles. The minimum atomic E-state index is -0.339. The van der Waals surface area contributed by atoms with Gasteiger partial charge in [0.05, 0.1) is 5.69 Å². The van der Waals surface area contributed by atoms with Gasteiger partial charge < -0.3 is 4.57 Å². The van der Waals surface area contributed by atoms with Crippen LogP contribution in [0.3, 0.4) is 0 Å². The van der Waals surface area contributed by atoms with Crippen molar-refractivity contribution in [1.29, 1.82) is 0 Å². The number of carbonyl (C=O) groups is 1. The second-order valence-electron chi connectivity index (χ2n) is 6.50. The van der Waals surface area contributed by atoms with Gasteiger partial charge in [-0.15, -0.1) is 10.2 Å². The van der Waals surface area contributed by atoms with Crippen LogP contribution in [0.25, 0.3) is 17.1 Å². The van der Waals surface area contributed by atoms with E-state index in [1.165, 1.54) is 10.9 Å². The van der Waals surface area contributed by atoms with Crippen molar-refractivity contribution in [3.05, 3.63) is 83.4 Å². The van der Waals surface area contributed by atoms with E-state index >= 15 is 0 Å². The molecule has 7 heteroatoms. The Kier molecular flexibility index (Phi) is 4.57. The standard InChI is InChI=1S/C21H18FN5O/c1-14-12-17(15(2)27(14)19-11-7-6-10-18(19)22)20(28)13-26-24-21(23-25-26)16-8-4-3-5-9-16/h3-12H,13H2,1-2H3. The number of hydrogen-bond donors (Lipinski definition) is 0. The lowest BCUT2D eigenvalue weighted by atomic mass is 10.1. The van der Waals surface area contributed by atoms with Crippen molar-refractivity contribution < 1.29 is 9.18 Å². The smallest absolute Gasteiger partial charge is 0.204 e. The van der Waals surface area contributed by atoms with Crippen LogP contribution in [0.4, 0.5) is 4.39 Å². The maximum Gasteiger partial charge on any atom is 0.204 e. The minimum Gasteiger partial charge on any atom is -0.315 e. The van der Waals surface area contributed by atoms with Crippen LogP contribution in [0.2, 0.25) is 0 Å². The van der Waals surface area contributed by atoms with Gasteiger partial charge in [0.15, 0.2) is 5.78 Å². The number of nitrogens with zero attached hydrogens (tertiary/aromatic N) is 5. The van der Waals surface area contributed by atoms with Crippen molar-refractivity contribution in [2.45, 2.75) is 20.4 Å². The van der Waals surface area contributed by atoms with E-state index in [0.717, 1.165) is 11.3 Å². The lowest BCUT2D eigenvalue weighted by molar-refractivity contribution is 0.0961. The third kappa shape index (κ3) is 3.22. The fourth-order valence-corrected chi connectivity index (χ4v) is 3.28. The lowest BCUT2D eigenvalue weighted by Gasteiger charge is -2.10. The molecule has 0 amide bonds. The Morgan fingerprint density at radius 2 is 1.75 bits per heavy atom. The van der Waals surface area contributed by atoms with Crippen LogP contribution >= 0.6 is 0 Å². The third-order valence-electron chi connectivity index (χ3n) is 4.59. The van der Waals surface area contributed by atoms with Crippen LogP contribution in [0.5, 0.6) is 0 Å². The fourth-order valence-electron chi connectivity index (χ4n) is 3.28. The number of carbonyl (C=O) groups excluding carboxylic acids is 1. The first-order valence-electron chi connectivity index (χ1n) is 8.85. The van der Waals surface area contributed by atoms with E-state index < -0.39 is 0 Å². The van der Waals surface area contributed by atoms with Gasteiger partial charge in [-0.25, -0.2) is 4.39 Å². The molecule has 0 fully saturated rings. The van der Waals surface area contributed by atoms with Crippen LogP contribution in [0.1, 0.15) is 21.7 Å². The van der Waals surface area contributed by atoms with Gasteiger partial charge in [0.25, 0.3) is 0 Å². The monoisotopic (exact) mass is 375 g/mol. The minimum absolute atomic E-state index is 0.0403. The van der Waals surface area contributed by atoms with Gasteiger partial charge in [-0.1, -0.05) is 42.5 Å². The SMILES string of the molecule is Cc1cc(C(=O)Cn2nnc(-c3ccccc3)n2)c(C)n1-c1ccccc1F. The van der Waals surface area contributed by atoms with Crippen molar-refractivity contribution in [1.82, 2.24) is 24.8 Å². The molecule has 0 aliphatic heterocycles. The molecular weight excluding hydrogens is 357 g/mol. The second-order valence-corrected chi connectivity index (χ2v) is 6.50. The summed E-state index contributed by atoms with van der Waals surface area (Å²) in [7, 11) is 0. The summed E-state index contributed by atoms with van der Waals surface area (Å²) in [4.78, 5) is 14.1. The molecule has 2 heterocycles. The highest BCUT2D eigenvalue weighted by Gasteiger charge is 2.19. The molecule has 4 aromatic rings. The van der Waals surface area contributed by atoms with E-state index in [-0.39, 0.29) is 18.1 Å². The quantitative estimate of drug-likeness (QED) is 0.498. The van der Waals surface area contributed by atoms with Crippen molar-refractivity contribution in [2.75, 3.05) is 0 Å². The first-order chi connectivity index (χ1) is 13.5. The molecule has 0 spiro atoms. The highest BCUT2D eigenvalue weighted by molar-refractivity contribution is 5.97. The van der Waals surface area contributed by atoms with Gasteiger partial charge >= 0.3 is 0 Å². The van der Waals surface area contributed by atoms with Gasteiger partial charge in [-0.05, 0) is 37.3 Å². The van der Waals surface area contributed by atoms with E-state index in [2.05, 4.69) is 15.4 Å². The largest absolute Gasteiger partial charge is 0.315 e. The Balaban J connectivity index is 1.61. The molecular formula is C21H18FN5O. The van der Waals surface area contributed by atoms with E-state index in [1.54, 1.807) is 35.8 Å². The number of halogens is 1. The molecule has 0 atom stereocenters. The van der Waals surface area contributed by atoms with Crippen LogP contribution in [0.15, 0.2) is 60.7 Å². The molecule has 6 nitrogen and oxygen atoms in total. The summed E-state index contributed by atoms with van der Waals surface area (Å²) < 4.78 is 16.0. The maximum absolute atomic E-state index is 14.2. The zero-order valence-corrected chi connectivity index (χ0v) is 15.5. The number of aromatic nitrogens is 5. The maximum atomic E-state index is 14.2. The molecule has 2 aromatic heterocycles. The summed E-state index contributed by atoms with van der Waals surface area (Å²) in [5.74, 6) is -0.0355. The number of ketones is 1. The number of rotatable bonds is 5. The summed E-state index contributed by atoms with van der Waals surface area (Å²) in [6.07, 6.45) is 0. The highest BCUT2D eigenvalue weighted by Crippen LogP contribution is 2.23. The highest BCUT2D eigenvalue weighted by atomic mass is 19.1. The average Bonchev–Trinajstić information content (AvgIpc) is 3.28. The number of benzene rings is 2. The molecule has 28 heavy (non-hydrogen) atoms.